The lowest BCUT2D eigenvalue weighted by atomic mass is 10.0. The molecule has 1 N–H and O–H groups in total. The highest BCUT2D eigenvalue weighted by molar-refractivity contribution is 9.10. The van der Waals surface area contributed by atoms with E-state index in [1.807, 2.05) is 48.5 Å². The average Bonchev–Trinajstić information content (AvgIpc) is 3.12. The van der Waals surface area contributed by atoms with Crippen molar-refractivity contribution in [1.29, 1.82) is 0 Å². The molecule has 0 atom stereocenters. The number of benzene rings is 3. The van der Waals surface area contributed by atoms with Crippen molar-refractivity contribution in [3.63, 3.8) is 0 Å². The van der Waals surface area contributed by atoms with Crippen molar-refractivity contribution in [3.8, 4) is 5.75 Å². The Morgan fingerprint density at radius 1 is 1.03 bits per heavy atom. The lowest BCUT2D eigenvalue weighted by Crippen LogP contribution is -2.27. The van der Waals surface area contributed by atoms with Gasteiger partial charge < -0.3 is 10.1 Å². The number of carbonyl (C=O) groups excluding carboxylic acids is 3. The standard InChI is InChI=1S/C28H25BrN2O4S/c1-18(2)22-8-4-6-10-24(22)30-26(32)17-35-21-13-11-19(12-14-21)15-25-27(33)31(28(34)36-25)16-20-7-3-5-9-23(20)29/h3-15,18H,16-17H2,1-2H3,(H,30,32)/b25-15+. The molecule has 0 saturated carbocycles. The summed E-state index contributed by atoms with van der Waals surface area (Å²) in [5.41, 5.74) is 3.46. The third-order valence-corrected chi connectivity index (χ3v) is 7.25. The molecule has 1 aliphatic heterocycles. The van der Waals surface area contributed by atoms with Gasteiger partial charge in [-0.2, -0.15) is 0 Å². The third-order valence-electron chi connectivity index (χ3n) is 5.56. The molecule has 1 heterocycles. The smallest absolute Gasteiger partial charge is 0.293 e. The molecule has 0 radical (unpaired) electrons. The summed E-state index contributed by atoms with van der Waals surface area (Å²) in [6.07, 6.45) is 1.68. The average molecular weight is 565 g/mol. The molecule has 0 aromatic heterocycles. The molecule has 184 valence electrons. The molecule has 0 spiro atoms. The number of thioether (sulfide) groups is 1. The van der Waals surface area contributed by atoms with Crippen molar-refractivity contribution in [3.05, 3.63) is 98.9 Å². The van der Waals surface area contributed by atoms with Crippen LogP contribution in [0.2, 0.25) is 0 Å². The van der Waals surface area contributed by atoms with E-state index in [4.69, 9.17) is 4.74 Å². The molecular weight excluding hydrogens is 540 g/mol. The maximum absolute atomic E-state index is 12.8. The summed E-state index contributed by atoms with van der Waals surface area (Å²) >= 11 is 4.38. The quantitative estimate of drug-likeness (QED) is 0.303. The van der Waals surface area contributed by atoms with Gasteiger partial charge >= 0.3 is 0 Å². The summed E-state index contributed by atoms with van der Waals surface area (Å²) in [5.74, 6) is 0.253. The van der Waals surface area contributed by atoms with Gasteiger partial charge in [-0.05, 0) is 64.7 Å². The highest BCUT2D eigenvalue weighted by Crippen LogP contribution is 2.34. The first-order valence-electron chi connectivity index (χ1n) is 11.4. The van der Waals surface area contributed by atoms with Crippen LogP contribution in [0.4, 0.5) is 10.5 Å². The maximum atomic E-state index is 12.8. The number of para-hydroxylation sites is 1. The predicted octanol–water partition coefficient (Wildman–Crippen LogP) is 6.83. The summed E-state index contributed by atoms with van der Waals surface area (Å²) in [5, 5.41) is 2.60. The summed E-state index contributed by atoms with van der Waals surface area (Å²) in [6, 6.07) is 22.2. The van der Waals surface area contributed by atoms with E-state index in [9.17, 15) is 14.4 Å². The van der Waals surface area contributed by atoms with Crippen LogP contribution in [-0.2, 0) is 16.1 Å². The second-order valence-corrected chi connectivity index (χ2v) is 10.4. The summed E-state index contributed by atoms with van der Waals surface area (Å²) in [7, 11) is 0. The molecule has 3 aromatic rings. The van der Waals surface area contributed by atoms with E-state index in [1.165, 1.54) is 4.90 Å². The van der Waals surface area contributed by atoms with Crippen LogP contribution in [0.1, 0.15) is 36.5 Å². The van der Waals surface area contributed by atoms with Crippen molar-refractivity contribution in [2.45, 2.75) is 26.3 Å². The normalized spacial score (nSPS) is 14.6. The lowest BCUT2D eigenvalue weighted by Gasteiger charge is -2.14. The van der Waals surface area contributed by atoms with E-state index in [-0.39, 0.29) is 36.1 Å². The van der Waals surface area contributed by atoms with E-state index in [1.54, 1.807) is 30.3 Å². The van der Waals surface area contributed by atoms with Gasteiger partial charge in [0.25, 0.3) is 17.1 Å². The third kappa shape index (κ3) is 6.25. The molecule has 1 fully saturated rings. The maximum Gasteiger partial charge on any atom is 0.293 e. The zero-order chi connectivity index (χ0) is 25.7. The number of nitrogens with zero attached hydrogens (tertiary/aromatic N) is 1. The zero-order valence-electron chi connectivity index (χ0n) is 19.9. The number of amides is 3. The Labute approximate surface area is 222 Å². The molecule has 0 unspecified atom stereocenters. The Balaban J connectivity index is 1.35. The van der Waals surface area contributed by atoms with Crippen molar-refractivity contribution in [2.24, 2.45) is 0 Å². The number of nitrogens with one attached hydrogen (secondary N) is 1. The number of halogens is 1. The minimum Gasteiger partial charge on any atom is -0.484 e. The molecule has 0 aliphatic carbocycles. The minimum atomic E-state index is -0.320. The minimum absolute atomic E-state index is 0.125. The van der Waals surface area contributed by atoms with Crippen LogP contribution < -0.4 is 10.1 Å². The van der Waals surface area contributed by atoms with Crippen molar-refractivity contribution in [2.75, 3.05) is 11.9 Å². The molecule has 0 bridgehead atoms. The van der Waals surface area contributed by atoms with E-state index >= 15 is 0 Å². The predicted molar refractivity (Wildman–Crippen MR) is 147 cm³/mol. The van der Waals surface area contributed by atoms with Gasteiger partial charge in [-0.3, -0.25) is 19.3 Å². The number of rotatable bonds is 8. The van der Waals surface area contributed by atoms with Gasteiger partial charge in [0.05, 0.1) is 11.4 Å². The molecular formula is C28H25BrN2O4S. The van der Waals surface area contributed by atoms with Gasteiger partial charge in [-0.25, -0.2) is 0 Å². The Kier molecular flexibility index (Phi) is 8.28. The second kappa shape index (κ2) is 11.6. The SMILES string of the molecule is CC(C)c1ccccc1NC(=O)COc1ccc(/C=C2/SC(=O)N(Cc3ccccc3Br)C2=O)cc1. The molecule has 1 saturated heterocycles. The van der Waals surface area contributed by atoms with E-state index in [0.29, 0.717) is 10.7 Å². The second-order valence-electron chi connectivity index (χ2n) is 8.51. The van der Waals surface area contributed by atoms with Crippen molar-refractivity contribution >= 4 is 56.5 Å². The Bertz CT molecular complexity index is 1320. The number of hydrogen-bond donors (Lipinski definition) is 1. The first-order valence-corrected chi connectivity index (χ1v) is 13.0. The molecule has 8 heteroatoms. The van der Waals surface area contributed by atoms with Crippen LogP contribution >= 0.6 is 27.7 Å². The van der Waals surface area contributed by atoms with Crippen LogP contribution in [0.5, 0.6) is 5.75 Å². The van der Waals surface area contributed by atoms with Crippen LogP contribution in [0.3, 0.4) is 0 Å². The van der Waals surface area contributed by atoms with E-state index < -0.39 is 0 Å². The molecule has 3 amide bonds. The topological polar surface area (TPSA) is 75.7 Å². The highest BCUT2D eigenvalue weighted by atomic mass is 79.9. The fraction of sp³-hybridized carbons (Fsp3) is 0.179. The largest absolute Gasteiger partial charge is 0.484 e. The van der Waals surface area contributed by atoms with Gasteiger partial charge in [0.1, 0.15) is 5.75 Å². The number of ether oxygens (including phenoxy) is 1. The van der Waals surface area contributed by atoms with Crippen LogP contribution in [0.25, 0.3) is 6.08 Å². The van der Waals surface area contributed by atoms with Crippen molar-refractivity contribution < 1.29 is 19.1 Å². The molecule has 36 heavy (non-hydrogen) atoms. The van der Waals surface area contributed by atoms with Crippen LogP contribution in [0.15, 0.2) is 82.2 Å². The summed E-state index contributed by atoms with van der Waals surface area (Å²) in [6.45, 7) is 4.23. The number of anilines is 1. The van der Waals surface area contributed by atoms with Gasteiger partial charge in [0.2, 0.25) is 0 Å². The zero-order valence-corrected chi connectivity index (χ0v) is 22.3. The highest BCUT2D eigenvalue weighted by Gasteiger charge is 2.35. The number of hydrogen-bond acceptors (Lipinski definition) is 5. The van der Waals surface area contributed by atoms with Gasteiger partial charge in [-0.1, -0.05) is 78.3 Å². The Morgan fingerprint density at radius 2 is 1.72 bits per heavy atom. The Morgan fingerprint density at radius 3 is 2.44 bits per heavy atom. The summed E-state index contributed by atoms with van der Waals surface area (Å²) in [4.78, 5) is 39.3. The summed E-state index contributed by atoms with van der Waals surface area (Å²) < 4.78 is 6.48. The molecule has 3 aromatic carbocycles. The van der Waals surface area contributed by atoms with Crippen molar-refractivity contribution in [1.82, 2.24) is 4.90 Å². The van der Waals surface area contributed by atoms with E-state index in [0.717, 1.165) is 38.6 Å². The van der Waals surface area contributed by atoms with Gasteiger partial charge in [-0.15, -0.1) is 0 Å². The number of imide groups is 1. The fourth-order valence-electron chi connectivity index (χ4n) is 3.69. The molecule has 1 aliphatic rings. The van der Waals surface area contributed by atoms with E-state index in [2.05, 4.69) is 35.1 Å². The molecule has 4 rings (SSSR count). The van der Waals surface area contributed by atoms with Crippen LogP contribution in [-0.4, -0.2) is 28.6 Å². The van der Waals surface area contributed by atoms with Gasteiger partial charge in [0, 0.05) is 10.2 Å². The van der Waals surface area contributed by atoms with Gasteiger partial charge in [0.15, 0.2) is 6.61 Å². The Hall–Kier alpha value is -3.36. The monoisotopic (exact) mass is 564 g/mol. The lowest BCUT2D eigenvalue weighted by molar-refractivity contribution is -0.123. The fourth-order valence-corrected chi connectivity index (χ4v) is 4.94. The first kappa shape index (κ1) is 25.7. The first-order chi connectivity index (χ1) is 17.3. The molecule has 6 nitrogen and oxygen atoms in total. The number of carbonyl (C=O) groups is 3. The van der Waals surface area contributed by atoms with Crippen LogP contribution in [0, 0.1) is 0 Å².